The van der Waals surface area contributed by atoms with Crippen LogP contribution in [-0.2, 0) is 9.59 Å². The van der Waals surface area contributed by atoms with Gasteiger partial charge in [-0.3, -0.25) is 9.59 Å². The number of hydrazone groups is 1. The van der Waals surface area contributed by atoms with Gasteiger partial charge in [-0.1, -0.05) is 49.4 Å². The van der Waals surface area contributed by atoms with Gasteiger partial charge in [-0.05, 0) is 42.5 Å². The molecule has 1 heterocycles. The van der Waals surface area contributed by atoms with Crippen molar-refractivity contribution in [1.82, 2.24) is 5.32 Å². The maximum atomic E-state index is 12.6. The van der Waals surface area contributed by atoms with Crippen LogP contribution in [0.2, 0.25) is 0 Å². The number of benzene rings is 2. The Hall–Kier alpha value is -2.95. The summed E-state index contributed by atoms with van der Waals surface area (Å²) in [6.45, 7) is 6.51. The van der Waals surface area contributed by atoms with Crippen LogP contribution in [0.4, 0.5) is 5.69 Å². The van der Waals surface area contributed by atoms with Crippen molar-refractivity contribution in [3.8, 4) is 0 Å². The molecule has 1 atom stereocenters. The summed E-state index contributed by atoms with van der Waals surface area (Å²) in [6.07, 6.45) is 0.652. The Morgan fingerprint density at radius 1 is 1.15 bits per heavy atom. The summed E-state index contributed by atoms with van der Waals surface area (Å²) in [5.74, 6) is -0.0883. The van der Waals surface area contributed by atoms with Gasteiger partial charge in [0.25, 0.3) is 5.91 Å². The molecule has 140 valence electrons. The van der Waals surface area contributed by atoms with Crippen molar-refractivity contribution < 1.29 is 9.59 Å². The maximum Gasteiger partial charge on any atom is 0.267 e. The van der Waals surface area contributed by atoms with Crippen LogP contribution < -0.4 is 10.3 Å². The van der Waals surface area contributed by atoms with Crippen LogP contribution in [0.1, 0.15) is 42.4 Å². The van der Waals surface area contributed by atoms with Gasteiger partial charge in [-0.25, -0.2) is 5.01 Å². The van der Waals surface area contributed by atoms with Crippen molar-refractivity contribution in [1.29, 1.82) is 0 Å². The maximum absolute atomic E-state index is 12.6. The number of rotatable bonds is 5. The highest BCUT2D eigenvalue weighted by atomic mass is 16.2. The Balaban J connectivity index is 1.72. The van der Waals surface area contributed by atoms with Crippen molar-refractivity contribution >= 4 is 23.2 Å². The molecule has 0 radical (unpaired) electrons. The van der Waals surface area contributed by atoms with Crippen LogP contribution >= 0.6 is 0 Å². The molecule has 27 heavy (non-hydrogen) atoms. The standard InChI is InChI=1S/C22H25N3O2/c1-15-9-10-16(2)20(13-15)25-21(26)12-11-19(24-25)22(27)23-14-17(3)18-7-5-4-6-8-18/h4-10,13,17H,11-12,14H2,1-3H3,(H,23,27)/t17-/m0/s1. The number of nitrogens with one attached hydrogen (secondary N) is 1. The average molecular weight is 363 g/mol. The van der Waals surface area contributed by atoms with Gasteiger partial charge in [0.05, 0.1) is 5.69 Å². The first-order chi connectivity index (χ1) is 13.0. The number of hydrogen-bond donors (Lipinski definition) is 1. The van der Waals surface area contributed by atoms with Gasteiger partial charge in [0.2, 0.25) is 5.91 Å². The van der Waals surface area contributed by atoms with E-state index in [9.17, 15) is 9.59 Å². The van der Waals surface area contributed by atoms with E-state index in [4.69, 9.17) is 0 Å². The van der Waals surface area contributed by atoms with Crippen molar-refractivity contribution in [3.05, 3.63) is 65.2 Å². The molecule has 0 aromatic heterocycles. The lowest BCUT2D eigenvalue weighted by Gasteiger charge is -2.25. The molecule has 0 spiro atoms. The van der Waals surface area contributed by atoms with Gasteiger partial charge in [-0.2, -0.15) is 5.10 Å². The zero-order chi connectivity index (χ0) is 19.4. The molecule has 0 saturated carbocycles. The summed E-state index contributed by atoms with van der Waals surface area (Å²) in [6, 6.07) is 15.9. The first-order valence-electron chi connectivity index (χ1n) is 9.26. The molecule has 0 fully saturated rings. The largest absolute Gasteiger partial charge is 0.350 e. The summed E-state index contributed by atoms with van der Waals surface area (Å²) in [7, 11) is 0. The second-order valence-corrected chi connectivity index (χ2v) is 7.06. The predicted molar refractivity (Wildman–Crippen MR) is 108 cm³/mol. The van der Waals surface area contributed by atoms with Crippen molar-refractivity contribution in [2.75, 3.05) is 11.6 Å². The van der Waals surface area contributed by atoms with Crippen molar-refractivity contribution in [3.63, 3.8) is 0 Å². The van der Waals surface area contributed by atoms with Gasteiger partial charge in [0, 0.05) is 19.4 Å². The van der Waals surface area contributed by atoms with E-state index in [-0.39, 0.29) is 24.2 Å². The minimum Gasteiger partial charge on any atom is -0.350 e. The summed E-state index contributed by atoms with van der Waals surface area (Å²) in [5.41, 5.74) is 4.32. The number of anilines is 1. The zero-order valence-corrected chi connectivity index (χ0v) is 16.0. The van der Waals surface area contributed by atoms with Gasteiger partial charge >= 0.3 is 0 Å². The highest BCUT2D eigenvalue weighted by Crippen LogP contribution is 2.25. The fourth-order valence-corrected chi connectivity index (χ4v) is 3.10. The monoisotopic (exact) mass is 363 g/mol. The SMILES string of the molecule is Cc1ccc(C)c(N2N=C(C(=O)NC[C@H](C)c3ccccc3)CCC2=O)c1. The van der Waals surface area contributed by atoms with Crippen LogP contribution in [0, 0.1) is 13.8 Å². The predicted octanol–water partition coefficient (Wildman–Crippen LogP) is 3.71. The third-order valence-electron chi connectivity index (χ3n) is 4.82. The molecule has 2 amide bonds. The lowest BCUT2D eigenvalue weighted by atomic mass is 10.0. The third kappa shape index (κ3) is 4.42. The Labute approximate surface area is 160 Å². The summed E-state index contributed by atoms with van der Waals surface area (Å²) >= 11 is 0. The molecule has 0 bridgehead atoms. The molecular formula is C22H25N3O2. The molecule has 1 aliphatic heterocycles. The normalized spacial score (nSPS) is 15.3. The molecule has 5 nitrogen and oxygen atoms in total. The summed E-state index contributed by atoms with van der Waals surface area (Å²) < 4.78 is 0. The number of amides is 2. The lowest BCUT2D eigenvalue weighted by molar-refractivity contribution is -0.119. The minimum absolute atomic E-state index is 0.0853. The molecule has 0 aliphatic carbocycles. The number of aryl methyl sites for hydroxylation is 2. The third-order valence-corrected chi connectivity index (χ3v) is 4.82. The Kier molecular flexibility index (Phi) is 5.69. The van der Waals surface area contributed by atoms with Crippen LogP contribution in [0.3, 0.4) is 0 Å². The molecule has 2 aromatic rings. The summed E-state index contributed by atoms with van der Waals surface area (Å²) in [5, 5.41) is 8.71. The molecule has 0 saturated heterocycles. The number of nitrogens with zero attached hydrogens (tertiary/aromatic N) is 2. The van der Waals surface area contributed by atoms with Gasteiger partial charge in [0.15, 0.2) is 0 Å². The molecular weight excluding hydrogens is 338 g/mol. The van der Waals surface area contributed by atoms with E-state index in [0.29, 0.717) is 18.7 Å². The van der Waals surface area contributed by atoms with E-state index in [2.05, 4.69) is 29.5 Å². The average Bonchev–Trinajstić information content (AvgIpc) is 2.69. The summed E-state index contributed by atoms with van der Waals surface area (Å²) in [4.78, 5) is 25.0. The highest BCUT2D eigenvalue weighted by molar-refractivity contribution is 6.40. The molecule has 3 rings (SSSR count). The number of carbonyl (C=O) groups excluding carboxylic acids is 2. The Bertz CT molecular complexity index is 874. The van der Waals surface area contributed by atoms with E-state index in [0.717, 1.165) is 16.8 Å². The molecule has 1 N–H and O–H groups in total. The van der Waals surface area contributed by atoms with Crippen LogP contribution in [0.15, 0.2) is 53.6 Å². The fourth-order valence-electron chi connectivity index (χ4n) is 3.10. The molecule has 5 heteroatoms. The van der Waals surface area contributed by atoms with Crippen LogP contribution in [-0.4, -0.2) is 24.1 Å². The number of hydrogen-bond acceptors (Lipinski definition) is 3. The fraction of sp³-hybridized carbons (Fsp3) is 0.318. The molecule has 2 aromatic carbocycles. The van der Waals surface area contributed by atoms with Crippen molar-refractivity contribution in [2.24, 2.45) is 5.10 Å². The lowest BCUT2D eigenvalue weighted by Crippen LogP contribution is -2.40. The minimum atomic E-state index is -0.208. The number of carbonyl (C=O) groups is 2. The quantitative estimate of drug-likeness (QED) is 0.880. The topological polar surface area (TPSA) is 61.8 Å². The first kappa shape index (κ1) is 18.8. The highest BCUT2D eigenvalue weighted by Gasteiger charge is 2.26. The van der Waals surface area contributed by atoms with E-state index in [1.165, 1.54) is 10.6 Å². The van der Waals surface area contributed by atoms with Crippen LogP contribution in [0.25, 0.3) is 0 Å². The van der Waals surface area contributed by atoms with E-state index >= 15 is 0 Å². The van der Waals surface area contributed by atoms with Crippen LogP contribution in [0.5, 0.6) is 0 Å². The second-order valence-electron chi connectivity index (χ2n) is 7.06. The second kappa shape index (κ2) is 8.16. The first-order valence-corrected chi connectivity index (χ1v) is 9.26. The van der Waals surface area contributed by atoms with Gasteiger partial charge < -0.3 is 5.32 Å². The molecule has 0 unspecified atom stereocenters. The van der Waals surface area contributed by atoms with E-state index in [1.807, 2.05) is 50.2 Å². The Morgan fingerprint density at radius 2 is 1.89 bits per heavy atom. The smallest absolute Gasteiger partial charge is 0.267 e. The Morgan fingerprint density at radius 3 is 2.63 bits per heavy atom. The van der Waals surface area contributed by atoms with Gasteiger partial charge in [-0.15, -0.1) is 0 Å². The van der Waals surface area contributed by atoms with Crippen molar-refractivity contribution in [2.45, 2.75) is 39.5 Å². The molecule has 1 aliphatic rings. The van der Waals surface area contributed by atoms with E-state index in [1.54, 1.807) is 0 Å². The van der Waals surface area contributed by atoms with E-state index < -0.39 is 0 Å². The van der Waals surface area contributed by atoms with Gasteiger partial charge in [0.1, 0.15) is 5.71 Å². The zero-order valence-electron chi connectivity index (χ0n) is 16.0.